The van der Waals surface area contributed by atoms with Gasteiger partial charge in [-0.05, 0) is 30.7 Å². The summed E-state index contributed by atoms with van der Waals surface area (Å²) in [5.74, 6) is -0.990. The average Bonchev–Trinajstić information content (AvgIpc) is 2.39. The quantitative estimate of drug-likeness (QED) is 0.773. The van der Waals surface area contributed by atoms with Gasteiger partial charge in [0.15, 0.2) is 0 Å². The van der Waals surface area contributed by atoms with E-state index >= 15 is 0 Å². The molecule has 0 fully saturated rings. The molecule has 0 bridgehead atoms. The molecule has 5 nitrogen and oxygen atoms in total. The molecule has 0 aliphatic heterocycles. The van der Waals surface area contributed by atoms with Gasteiger partial charge in [0, 0.05) is 22.5 Å². The first-order valence-electron chi connectivity index (χ1n) is 6.04. The molecule has 0 spiro atoms. The number of carbonyl (C=O) groups is 2. The van der Waals surface area contributed by atoms with Crippen LogP contribution in [-0.4, -0.2) is 31.1 Å². The van der Waals surface area contributed by atoms with E-state index in [1.54, 1.807) is 25.1 Å². The molecule has 1 rings (SSSR count). The standard InChI is InChI=1S/C13H16BrClN2O3/c1-2-20-7-12(18)17-11(13(16)19)6-8-5-9(15)3-4-10(8)14/h3-5,11H,2,6-7H2,1H3,(H2,16,19)(H,17,18)/t11-/m0/s1. The van der Waals surface area contributed by atoms with E-state index in [1.165, 1.54) is 0 Å². The van der Waals surface area contributed by atoms with Gasteiger partial charge < -0.3 is 15.8 Å². The zero-order chi connectivity index (χ0) is 15.1. The van der Waals surface area contributed by atoms with Crippen LogP contribution in [0.5, 0.6) is 0 Å². The van der Waals surface area contributed by atoms with Crippen molar-refractivity contribution in [2.45, 2.75) is 19.4 Å². The largest absolute Gasteiger partial charge is 0.372 e. The Labute approximate surface area is 130 Å². The van der Waals surface area contributed by atoms with E-state index in [0.717, 1.165) is 10.0 Å². The van der Waals surface area contributed by atoms with Crippen LogP contribution in [0.4, 0.5) is 0 Å². The third-order valence-electron chi connectivity index (χ3n) is 2.55. The van der Waals surface area contributed by atoms with E-state index in [9.17, 15) is 9.59 Å². The van der Waals surface area contributed by atoms with Crippen molar-refractivity contribution in [3.8, 4) is 0 Å². The number of hydrogen-bond acceptors (Lipinski definition) is 3. The van der Waals surface area contributed by atoms with Crippen LogP contribution in [-0.2, 0) is 20.7 Å². The molecule has 0 aliphatic carbocycles. The highest BCUT2D eigenvalue weighted by Crippen LogP contribution is 2.22. The molecular weight excluding hydrogens is 348 g/mol. The minimum atomic E-state index is -0.808. The van der Waals surface area contributed by atoms with Crippen molar-refractivity contribution < 1.29 is 14.3 Å². The lowest BCUT2D eigenvalue weighted by Gasteiger charge is -2.16. The summed E-state index contributed by atoms with van der Waals surface area (Å²) in [7, 11) is 0. The summed E-state index contributed by atoms with van der Waals surface area (Å²) in [4.78, 5) is 23.0. The van der Waals surface area contributed by atoms with Crippen LogP contribution in [0.2, 0.25) is 5.02 Å². The molecule has 0 saturated carbocycles. The number of rotatable bonds is 7. The molecule has 1 aromatic carbocycles. The molecule has 110 valence electrons. The van der Waals surface area contributed by atoms with Crippen molar-refractivity contribution in [2.75, 3.05) is 13.2 Å². The number of nitrogens with one attached hydrogen (secondary N) is 1. The molecule has 1 aromatic rings. The maximum Gasteiger partial charge on any atom is 0.246 e. The minimum absolute atomic E-state index is 0.100. The zero-order valence-corrected chi connectivity index (χ0v) is 13.3. The van der Waals surface area contributed by atoms with Gasteiger partial charge in [-0.1, -0.05) is 27.5 Å². The van der Waals surface area contributed by atoms with E-state index in [1.807, 2.05) is 0 Å². The molecule has 3 N–H and O–H groups in total. The molecule has 0 saturated heterocycles. The molecule has 0 heterocycles. The summed E-state index contributed by atoms with van der Waals surface area (Å²) in [6, 6.07) is 4.41. The lowest BCUT2D eigenvalue weighted by molar-refractivity contribution is -0.130. The second-order valence-electron chi connectivity index (χ2n) is 4.10. The first-order chi connectivity index (χ1) is 9.43. The molecular formula is C13H16BrClN2O3. The Morgan fingerprint density at radius 3 is 2.80 bits per heavy atom. The van der Waals surface area contributed by atoms with Gasteiger partial charge in [-0.2, -0.15) is 0 Å². The molecule has 0 aliphatic rings. The fourth-order valence-electron chi connectivity index (χ4n) is 1.57. The second kappa shape index (κ2) is 8.24. The van der Waals surface area contributed by atoms with Crippen LogP contribution >= 0.6 is 27.5 Å². The van der Waals surface area contributed by atoms with Crippen molar-refractivity contribution in [1.29, 1.82) is 0 Å². The van der Waals surface area contributed by atoms with E-state index in [2.05, 4.69) is 21.2 Å². The first-order valence-corrected chi connectivity index (χ1v) is 7.21. The number of primary amides is 1. The number of ether oxygens (including phenoxy) is 1. The van der Waals surface area contributed by atoms with Gasteiger partial charge in [0.05, 0.1) is 0 Å². The van der Waals surface area contributed by atoms with Crippen LogP contribution in [0.3, 0.4) is 0 Å². The predicted octanol–water partition coefficient (Wildman–Crippen LogP) is 1.65. The van der Waals surface area contributed by atoms with Crippen molar-refractivity contribution in [2.24, 2.45) is 5.73 Å². The van der Waals surface area contributed by atoms with Gasteiger partial charge in [0.25, 0.3) is 0 Å². The summed E-state index contributed by atoms with van der Waals surface area (Å²) < 4.78 is 5.77. The highest BCUT2D eigenvalue weighted by atomic mass is 79.9. The van der Waals surface area contributed by atoms with Gasteiger partial charge in [0.2, 0.25) is 11.8 Å². The number of nitrogens with two attached hydrogens (primary N) is 1. The van der Waals surface area contributed by atoms with Gasteiger partial charge in [0.1, 0.15) is 12.6 Å². The third-order valence-corrected chi connectivity index (χ3v) is 3.56. The monoisotopic (exact) mass is 362 g/mol. The maximum absolute atomic E-state index is 11.6. The number of amides is 2. The Bertz CT molecular complexity index is 497. The molecule has 2 amide bonds. The van der Waals surface area contributed by atoms with Gasteiger partial charge in [-0.3, -0.25) is 9.59 Å². The topological polar surface area (TPSA) is 81.4 Å². The summed E-state index contributed by atoms with van der Waals surface area (Å²) in [6.07, 6.45) is 0.258. The van der Waals surface area contributed by atoms with Crippen LogP contribution in [0.1, 0.15) is 12.5 Å². The number of halogens is 2. The van der Waals surface area contributed by atoms with E-state index in [4.69, 9.17) is 22.1 Å². The second-order valence-corrected chi connectivity index (χ2v) is 5.39. The number of carbonyl (C=O) groups excluding carboxylic acids is 2. The van der Waals surface area contributed by atoms with Crippen LogP contribution < -0.4 is 11.1 Å². The van der Waals surface area contributed by atoms with E-state index in [0.29, 0.717) is 11.6 Å². The van der Waals surface area contributed by atoms with Gasteiger partial charge in [-0.15, -0.1) is 0 Å². The van der Waals surface area contributed by atoms with Crippen LogP contribution in [0, 0.1) is 0 Å². The lowest BCUT2D eigenvalue weighted by atomic mass is 10.1. The molecule has 0 aromatic heterocycles. The Morgan fingerprint density at radius 1 is 1.50 bits per heavy atom. The first kappa shape index (κ1) is 16.9. The lowest BCUT2D eigenvalue weighted by Crippen LogP contribution is -2.47. The Morgan fingerprint density at radius 2 is 2.20 bits per heavy atom. The number of hydrogen-bond donors (Lipinski definition) is 2. The summed E-state index contributed by atoms with van der Waals surface area (Å²) >= 11 is 9.28. The van der Waals surface area contributed by atoms with Crippen molar-refractivity contribution in [1.82, 2.24) is 5.32 Å². The molecule has 1 atom stereocenters. The summed E-state index contributed by atoms with van der Waals surface area (Å²) in [5.41, 5.74) is 6.10. The van der Waals surface area contributed by atoms with Crippen molar-refractivity contribution >= 4 is 39.3 Å². The van der Waals surface area contributed by atoms with Gasteiger partial charge in [-0.25, -0.2) is 0 Å². The highest BCUT2D eigenvalue weighted by molar-refractivity contribution is 9.10. The highest BCUT2D eigenvalue weighted by Gasteiger charge is 2.19. The SMILES string of the molecule is CCOCC(=O)N[C@@H](Cc1cc(Cl)ccc1Br)C(N)=O. The fourth-order valence-corrected chi connectivity index (χ4v) is 2.18. The van der Waals surface area contributed by atoms with Crippen molar-refractivity contribution in [3.05, 3.63) is 33.3 Å². The third kappa shape index (κ3) is 5.48. The maximum atomic E-state index is 11.6. The van der Waals surface area contributed by atoms with Crippen LogP contribution in [0.25, 0.3) is 0 Å². The van der Waals surface area contributed by atoms with E-state index in [-0.39, 0.29) is 18.9 Å². The molecule has 0 unspecified atom stereocenters. The smallest absolute Gasteiger partial charge is 0.246 e. The van der Waals surface area contributed by atoms with Gasteiger partial charge >= 0.3 is 0 Å². The van der Waals surface area contributed by atoms with Crippen molar-refractivity contribution in [3.63, 3.8) is 0 Å². The minimum Gasteiger partial charge on any atom is -0.372 e. The molecule has 7 heteroatoms. The average molecular weight is 364 g/mol. The Hall–Kier alpha value is -1.11. The summed E-state index contributed by atoms with van der Waals surface area (Å²) in [6.45, 7) is 2.10. The number of benzene rings is 1. The predicted molar refractivity (Wildman–Crippen MR) is 80.5 cm³/mol. The molecule has 20 heavy (non-hydrogen) atoms. The van der Waals surface area contributed by atoms with E-state index < -0.39 is 11.9 Å². The Kier molecular flexibility index (Phi) is 6.98. The molecule has 0 radical (unpaired) electrons. The summed E-state index contributed by atoms with van der Waals surface area (Å²) in [5, 5.41) is 3.09. The normalized spacial score (nSPS) is 11.9. The zero-order valence-electron chi connectivity index (χ0n) is 11.0. The Balaban J connectivity index is 2.74. The fraction of sp³-hybridized carbons (Fsp3) is 0.385. The van der Waals surface area contributed by atoms with Crippen LogP contribution in [0.15, 0.2) is 22.7 Å².